The summed E-state index contributed by atoms with van der Waals surface area (Å²) in [4.78, 5) is 0. The van der Waals surface area contributed by atoms with E-state index >= 15 is 0 Å². The van der Waals surface area contributed by atoms with Gasteiger partial charge in [0.15, 0.2) is 0 Å². The van der Waals surface area contributed by atoms with Crippen molar-refractivity contribution in [3.05, 3.63) is 163 Å². The fourth-order valence-corrected chi connectivity index (χ4v) is 9.24. The first-order valence-electron chi connectivity index (χ1n) is 19.6. The van der Waals surface area contributed by atoms with E-state index in [1.165, 1.54) is 94.5 Å². The molecule has 0 aliphatic rings. The molecule has 0 saturated heterocycles. The van der Waals surface area contributed by atoms with Gasteiger partial charge in [0.1, 0.15) is 0 Å². The minimum absolute atomic E-state index is 0.664. The topological polar surface area (TPSA) is 14.8 Å². The molecule has 10 aromatic rings. The van der Waals surface area contributed by atoms with Crippen molar-refractivity contribution < 1.29 is 0 Å². The van der Waals surface area contributed by atoms with Crippen LogP contribution in [0.2, 0.25) is 0 Å². The third-order valence-electron chi connectivity index (χ3n) is 11.8. The van der Waals surface area contributed by atoms with Gasteiger partial charge in [0, 0.05) is 49.4 Å². The molecule has 264 valence electrons. The Morgan fingerprint density at radius 1 is 0.370 bits per heavy atom. The normalized spacial score (nSPS) is 12.9. The van der Waals surface area contributed by atoms with Crippen LogP contribution < -0.4 is 0 Å². The maximum Gasteiger partial charge on any atom is 0.0542 e. The second kappa shape index (κ2) is 12.8. The maximum atomic E-state index is 2.47. The molecule has 54 heavy (non-hydrogen) atoms. The average molecular weight is 700 g/mol. The quantitative estimate of drug-likeness (QED) is 0.150. The van der Waals surface area contributed by atoms with Crippen molar-refractivity contribution in [3.63, 3.8) is 0 Å². The van der Waals surface area contributed by atoms with Gasteiger partial charge in [-0.2, -0.15) is 0 Å². The second-order valence-corrected chi connectivity index (χ2v) is 16.0. The molecule has 0 spiro atoms. The van der Waals surface area contributed by atoms with Crippen molar-refractivity contribution in [3.8, 4) is 17.1 Å². The monoisotopic (exact) mass is 699 g/mol. The average Bonchev–Trinajstić information content (AvgIpc) is 3.83. The Morgan fingerprint density at radius 2 is 0.722 bits per heavy atom. The van der Waals surface area contributed by atoms with Gasteiger partial charge < -0.3 is 13.7 Å². The molecule has 3 nitrogen and oxygen atoms in total. The van der Waals surface area contributed by atoms with Crippen molar-refractivity contribution >= 4 is 65.4 Å². The molecule has 3 heterocycles. The summed E-state index contributed by atoms with van der Waals surface area (Å²) in [5.41, 5.74) is 12.3. The van der Waals surface area contributed by atoms with E-state index in [1.807, 2.05) is 0 Å². The van der Waals surface area contributed by atoms with Crippen LogP contribution in [0.3, 0.4) is 0 Å². The molecule has 10 rings (SSSR count). The highest BCUT2D eigenvalue weighted by molar-refractivity contribution is 6.14. The van der Waals surface area contributed by atoms with Gasteiger partial charge in [-0.05, 0) is 109 Å². The van der Waals surface area contributed by atoms with E-state index in [4.69, 9.17) is 0 Å². The van der Waals surface area contributed by atoms with Gasteiger partial charge in [-0.1, -0.05) is 113 Å². The molecule has 3 aromatic heterocycles. The number of aromatic nitrogens is 3. The zero-order valence-electron chi connectivity index (χ0n) is 31.5. The summed E-state index contributed by atoms with van der Waals surface area (Å²) in [7, 11) is 0. The predicted octanol–water partition coefficient (Wildman–Crippen LogP) is 13.8. The molecule has 1 unspecified atom stereocenters. The van der Waals surface area contributed by atoms with Crippen LogP contribution in [0.1, 0.15) is 39.7 Å². The first-order chi connectivity index (χ1) is 26.4. The van der Waals surface area contributed by atoms with Gasteiger partial charge >= 0.3 is 0 Å². The molecule has 0 fully saturated rings. The van der Waals surface area contributed by atoms with E-state index in [-0.39, 0.29) is 0 Å². The number of fused-ring (bicyclic) bond motifs is 9. The highest BCUT2D eigenvalue weighted by Gasteiger charge is 2.20. The third kappa shape index (κ3) is 5.17. The molecule has 3 heteroatoms. The number of benzene rings is 7. The molecule has 0 bridgehead atoms. The Bertz CT molecular complexity index is 2720. The Morgan fingerprint density at radius 3 is 1.11 bits per heavy atom. The molecule has 0 saturated carbocycles. The Balaban J connectivity index is 1.20. The number of para-hydroxylation sites is 4. The predicted molar refractivity (Wildman–Crippen MR) is 231 cm³/mol. The highest BCUT2D eigenvalue weighted by atomic mass is 15.0. The summed E-state index contributed by atoms with van der Waals surface area (Å²) in [5, 5.41) is 7.59. The molecule has 7 aromatic carbocycles. The van der Waals surface area contributed by atoms with Crippen LogP contribution in [0, 0.1) is 17.8 Å². The van der Waals surface area contributed by atoms with Crippen molar-refractivity contribution in [2.75, 3.05) is 0 Å². The van der Waals surface area contributed by atoms with Crippen LogP contribution in [0.15, 0.2) is 158 Å². The zero-order chi connectivity index (χ0) is 36.5. The number of nitrogens with zero attached hydrogens (tertiary/aromatic N) is 3. The summed E-state index contributed by atoms with van der Waals surface area (Å²) in [6, 6.07) is 58.6. The maximum absolute atomic E-state index is 2.47. The Kier molecular flexibility index (Phi) is 7.73. The van der Waals surface area contributed by atoms with E-state index in [1.54, 1.807) is 0 Å². The summed E-state index contributed by atoms with van der Waals surface area (Å²) < 4.78 is 7.33. The van der Waals surface area contributed by atoms with Crippen LogP contribution in [0.4, 0.5) is 0 Å². The zero-order valence-corrected chi connectivity index (χ0v) is 31.5. The van der Waals surface area contributed by atoms with Gasteiger partial charge in [0.05, 0.1) is 33.1 Å². The van der Waals surface area contributed by atoms with Gasteiger partial charge in [-0.25, -0.2) is 0 Å². The molecule has 1 atom stereocenters. The standard InChI is InChI=1S/C51H45N3/c1-33(2)29-36(34(3)4)30-35-21-23-37(24-22-35)52-50-27-25-38(53-46-17-9-5-13-40(46)41-14-6-10-18-47(41)53)31-44(50)45-32-39(26-28-51(45)52)54-48-19-11-7-15-42(48)43-16-8-12-20-49(43)54/h5-28,31-34,36H,29-30H2,1-4H3. The number of hydrogen-bond donors (Lipinski definition) is 0. The van der Waals surface area contributed by atoms with Gasteiger partial charge in [-0.15, -0.1) is 0 Å². The Hall–Kier alpha value is -6.06. The second-order valence-electron chi connectivity index (χ2n) is 16.0. The molecule has 0 aliphatic carbocycles. The van der Waals surface area contributed by atoms with E-state index < -0.39 is 0 Å². The van der Waals surface area contributed by atoms with E-state index in [0.717, 1.165) is 6.42 Å². The lowest BCUT2D eigenvalue weighted by Gasteiger charge is -2.23. The van der Waals surface area contributed by atoms with Crippen LogP contribution in [0.25, 0.3) is 82.5 Å². The summed E-state index contributed by atoms with van der Waals surface area (Å²) in [6.45, 7) is 9.45. The first-order valence-corrected chi connectivity index (χ1v) is 19.6. The third-order valence-corrected chi connectivity index (χ3v) is 11.8. The molecule has 0 aliphatic heterocycles. The molecular weight excluding hydrogens is 655 g/mol. The van der Waals surface area contributed by atoms with Crippen molar-refractivity contribution in [2.24, 2.45) is 17.8 Å². The Labute approximate surface area is 316 Å². The van der Waals surface area contributed by atoms with Crippen LogP contribution >= 0.6 is 0 Å². The lowest BCUT2D eigenvalue weighted by Crippen LogP contribution is -2.14. The van der Waals surface area contributed by atoms with Crippen LogP contribution in [0.5, 0.6) is 0 Å². The first kappa shape index (κ1) is 32.6. The minimum Gasteiger partial charge on any atom is -0.309 e. The van der Waals surface area contributed by atoms with Gasteiger partial charge in [0.25, 0.3) is 0 Å². The van der Waals surface area contributed by atoms with E-state index in [9.17, 15) is 0 Å². The van der Waals surface area contributed by atoms with Gasteiger partial charge in [-0.3, -0.25) is 0 Å². The molecule has 0 N–H and O–H groups in total. The van der Waals surface area contributed by atoms with E-state index in [0.29, 0.717) is 17.8 Å². The molecule has 0 amide bonds. The van der Waals surface area contributed by atoms with Crippen LogP contribution in [-0.4, -0.2) is 13.7 Å². The summed E-state index contributed by atoms with van der Waals surface area (Å²) >= 11 is 0. The largest absolute Gasteiger partial charge is 0.309 e. The molecule has 0 radical (unpaired) electrons. The van der Waals surface area contributed by atoms with Crippen molar-refractivity contribution in [1.82, 2.24) is 13.7 Å². The van der Waals surface area contributed by atoms with E-state index in [2.05, 4.69) is 199 Å². The fraction of sp³-hybridized carbons (Fsp3) is 0.176. The number of rotatable bonds is 8. The molecular formula is C51H45N3. The minimum atomic E-state index is 0.664. The number of hydrogen-bond acceptors (Lipinski definition) is 0. The van der Waals surface area contributed by atoms with Gasteiger partial charge in [0.2, 0.25) is 0 Å². The highest BCUT2D eigenvalue weighted by Crippen LogP contribution is 2.39. The lowest BCUT2D eigenvalue weighted by molar-refractivity contribution is 0.315. The SMILES string of the molecule is CC(C)CC(Cc1ccc(-n2c3ccc(-n4c5ccccc5c5ccccc54)cc3c3cc(-n4c5ccccc5c5ccccc54)ccc32)cc1)C(C)C. The lowest BCUT2D eigenvalue weighted by atomic mass is 9.83. The summed E-state index contributed by atoms with van der Waals surface area (Å²) in [5.74, 6) is 2.05. The van der Waals surface area contributed by atoms with Crippen molar-refractivity contribution in [1.29, 1.82) is 0 Å². The van der Waals surface area contributed by atoms with Crippen molar-refractivity contribution in [2.45, 2.75) is 40.5 Å². The van der Waals surface area contributed by atoms with Crippen LogP contribution in [-0.2, 0) is 6.42 Å². The fourth-order valence-electron chi connectivity index (χ4n) is 9.24. The summed E-state index contributed by atoms with van der Waals surface area (Å²) in [6.07, 6.45) is 2.38. The smallest absolute Gasteiger partial charge is 0.0542 e.